The van der Waals surface area contributed by atoms with Gasteiger partial charge in [-0.25, -0.2) is 8.42 Å². The van der Waals surface area contributed by atoms with Crippen LogP contribution in [0.25, 0.3) is 0 Å². The van der Waals surface area contributed by atoms with Gasteiger partial charge in [-0.15, -0.1) is 0 Å². The van der Waals surface area contributed by atoms with Crippen LogP contribution in [-0.2, 0) is 9.84 Å². The van der Waals surface area contributed by atoms with E-state index in [0.29, 0.717) is 12.1 Å². The zero-order valence-electron chi connectivity index (χ0n) is 12.4. The lowest BCUT2D eigenvalue weighted by atomic mass is 10.1. The van der Waals surface area contributed by atoms with E-state index in [4.69, 9.17) is 5.73 Å². The van der Waals surface area contributed by atoms with Gasteiger partial charge >= 0.3 is 23.3 Å². The molecule has 0 aliphatic carbocycles. The number of nitrogen functional groups attached to an aromatic ring is 1. The van der Waals surface area contributed by atoms with Crippen LogP contribution in [-0.4, -0.2) is 31.7 Å². The number of aryl methyl sites for hydroxylation is 2. The molecule has 0 heterocycles. The van der Waals surface area contributed by atoms with Crippen molar-refractivity contribution in [1.29, 1.82) is 0 Å². The number of sulfone groups is 1. The van der Waals surface area contributed by atoms with E-state index in [1.54, 1.807) is 0 Å². The Morgan fingerprint density at radius 3 is 1.48 bits per heavy atom. The molecule has 0 saturated heterocycles. The Bertz CT molecular complexity index is 761. The molecule has 3 nitrogen and oxygen atoms in total. The quantitative estimate of drug-likeness (QED) is 0.609. The lowest BCUT2D eigenvalue weighted by Crippen LogP contribution is -2.63. The maximum Gasteiger partial charge on any atom is 0.460 e. The fraction of sp³-hybridized carbons (Fsp3) is 0.500. The molecular formula is C12H10F9NO2S. The topological polar surface area (TPSA) is 60.2 Å². The predicted octanol–water partition coefficient (Wildman–Crippen LogP) is 4.09. The van der Waals surface area contributed by atoms with Crippen LogP contribution in [0.1, 0.15) is 11.1 Å². The summed E-state index contributed by atoms with van der Waals surface area (Å²) < 4.78 is 139. The van der Waals surface area contributed by atoms with Crippen molar-refractivity contribution < 1.29 is 47.9 Å². The molecule has 0 bridgehead atoms. The minimum absolute atomic E-state index is 0.102. The first kappa shape index (κ1) is 21.4. The van der Waals surface area contributed by atoms with E-state index < -0.39 is 38.0 Å². The molecular weight excluding hydrogens is 393 g/mol. The Morgan fingerprint density at radius 1 is 0.800 bits per heavy atom. The summed E-state index contributed by atoms with van der Waals surface area (Å²) in [4.78, 5) is -1.57. The molecule has 0 aliphatic rings. The van der Waals surface area contributed by atoms with Crippen LogP contribution in [0.3, 0.4) is 0 Å². The van der Waals surface area contributed by atoms with Crippen molar-refractivity contribution in [2.45, 2.75) is 42.0 Å². The lowest BCUT2D eigenvalue weighted by molar-refractivity contribution is -0.382. The standard InChI is InChI=1S/C12H10F9NO2S/c1-5-3-7(4-6(2)8(5)22)25(23,24)12(20,21)10(15,16)9(13,14)11(17,18)19/h3-4H,22H2,1-2H3. The number of alkyl halides is 9. The second kappa shape index (κ2) is 5.68. The van der Waals surface area contributed by atoms with Gasteiger partial charge in [0.2, 0.25) is 9.84 Å². The van der Waals surface area contributed by atoms with Gasteiger partial charge in [-0.2, -0.15) is 39.5 Å². The Labute approximate surface area is 135 Å². The van der Waals surface area contributed by atoms with Crippen LogP contribution in [0.15, 0.2) is 17.0 Å². The molecule has 0 aromatic heterocycles. The smallest absolute Gasteiger partial charge is 0.398 e. The molecule has 0 saturated carbocycles. The van der Waals surface area contributed by atoms with Crippen LogP contribution >= 0.6 is 0 Å². The van der Waals surface area contributed by atoms with Gasteiger partial charge in [-0.1, -0.05) is 0 Å². The molecule has 0 atom stereocenters. The van der Waals surface area contributed by atoms with E-state index in [1.807, 2.05) is 0 Å². The van der Waals surface area contributed by atoms with Gasteiger partial charge in [0.1, 0.15) is 0 Å². The number of benzene rings is 1. The monoisotopic (exact) mass is 403 g/mol. The molecule has 1 aromatic rings. The first-order valence-corrected chi connectivity index (χ1v) is 7.62. The first-order valence-electron chi connectivity index (χ1n) is 6.14. The molecule has 2 N–H and O–H groups in total. The third-order valence-corrected chi connectivity index (χ3v) is 5.12. The zero-order valence-corrected chi connectivity index (χ0v) is 13.2. The van der Waals surface area contributed by atoms with Crippen molar-refractivity contribution in [2.24, 2.45) is 0 Å². The minimum atomic E-state index is -7.30. The predicted molar refractivity (Wildman–Crippen MR) is 68.4 cm³/mol. The minimum Gasteiger partial charge on any atom is -0.398 e. The molecule has 13 heteroatoms. The Hall–Kier alpha value is -1.66. The molecule has 1 rings (SSSR count). The van der Waals surface area contributed by atoms with Gasteiger partial charge in [0.05, 0.1) is 4.90 Å². The zero-order chi connectivity index (χ0) is 20.2. The van der Waals surface area contributed by atoms with Crippen molar-refractivity contribution in [1.82, 2.24) is 0 Å². The Kier molecular flexibility index (Phi) is 4.85. The molecule has 0 fully saturated rings. The summed E-state index contributed by atoms with van der Waals surface area (Å²) >= 11 is 0. The maximum absolute atomic E-state index is 13.7. The first-order chi connectivity index (χ1) is 10.8. The summed E-state index contributed by atoms with van der Waals surface area (Å²) in [5.74, 6) is -14.6. The van der Waals surface area contributed by atoms with Gasteiger partial charge < -0.3 is 5.73 Å². The van der Waals surface area contributed by atoms with E-state index in [-0.39, 0.29) is 16.8 Å². The molecule has 1 aromatic carbocycles. The fourth-order valence-corrected chi connectivity index (χ4v) is 3.19. The van der Waals surface area contributed by atoms with E-state index >= 15 is 0 Å². The van der Waals surface area contributed by atoms with Crippen molar-refractivity contribution >= 4 is 15.5 Å². The largest absolute Gasteiger partial charge is 0.460 e. The van der Waals surface area contributed by atoms with Gasteiger partial charge in [0, 0.05) is 5.69 Å². The number of hydrogen-bond donors (Lipinski definition) is 1. The van der Waals surface area contributed by atoms with E-state index in [2.05, 4.69) is 0 Å². The van der Waals surface area contributed by atoms with Gasteiger partial charge in [-0.3, -0.25) is 0 Å². The summed E-state index contributed by atoms with van der Waals surface area (Å²) in [6.07, 6.45) is -7.11. The molecule has 0 aliphatic heterocycles. The summed E-state index contributed by atoms with van der Waals surface area (Å²) in [7, 11) is -6.62. The highest BCUT2D eigenvalue weighted by molar-refractivity contribution is 7.92. The SMILES string of the molecule is Cc1cc(S(=O)(=O)C(F)(F)C(F)(F)C(F)(F)C(F)(F)F)cc(C)c1N. The number of halogens is 9. The van der Waals surface area contributed by atoms with Crippen LogP contribution < -0.4 is 5.73 Å². The summed E-state index contributed by atoms with van der Waals surface area (Å²) in [5.41, 5.74) is 4.95. The molecule has 0 amide bonds. The third-order valence-electron chi connectivity index (χ3n) is 3.33. The van der Waals surface area contributed by atoms with E-state index in [0.717, 1.165) is 13.8 Å². The average Bonchev–Trinajstić information content (AvgIpc) is 2.42. The molecule has 25 heavy (non-hydrogen) atoms. The second-order valence-electron chi connectivity index (χ2n) is 5.14. The third kappa shape index (κ3) is 2.91. The lowest BCUT2D eigenvalue weighted by Gasteiger charge is -2.33. The number of nitrogens with two attached hydrogens (primary N) is 1. The molecule has 0 radical (unpaired) electrons. The van der Waals surface area contributed by atoms with Crippen LogP contribution in [0.4, 0.5) is 45.2 Å². The second-order valence-corrected chi connectivity index (χ2v) is 7.13. The number of anilines is 1. The Balaban J connectivity index is 3.66. The summed E-state index contributed by atoms with van der Waals surface area (Å²) in [6.45, 7) is 2.20. The van der Waals surface area contributed by atoms with Gasteiger partial charge in [0.25, 0.3) is 0 Å². The van der Waals surface area contributed by atoms with Gasteiger partial charge in [-0.05, 0) is 37.1 Å². The van der Waals surface area contributed by atoms with Crippen LogP contribution in [0, 0.1) is 13.8 Å². The maximum atomic E-state index is 13.7. The van der Waals surface area contributed by atoms with E-state index in [1.165, 1.54) is 0 Å². The Morgan fingerprint density at radius 2 is 1.16 bits per heavy atom. The van der Waals surface area contributed by atoms with Crippen molar-refractivity contribution in [2.75, 3.05) is 5.73 Å². The molecule has 144 valence electrons. The average molecular weight is 403 g/mol. The highest BCUT2D eigenvalue weighted by Gasteiger charge is 2.85. The van der Waals surface area contributed by atoms with Crippen LogP contribution in [0.5, 0.6) is 0 Å². The van der Waals surface area contributed by atoms with Gasteiger partial charge in [0.15, 0.2) is 0 Å². The highest BCUT2D eigenvalue weighted by atomic mass is 32.2. The number of hydrogen-bond acceptors (Lipinski definition) is 3. The summed E-state index contributed by atoms with van der Waals surface area (Å²) in [5, 5.41) is -6.76. The van der Waals surface area contributed by atoms with Crippen LogP contribution in [0.2, 0.25) is 0 Å². The summed E-state index contributed by atoms with van der Waals surface area (Å²) in [6, 6.07) is 0.737. The normalized spacial score (nSPS) is 14.7. The highest BCUT2D eigenvalue weighted by Crippen LogP contribution is 2.55. The van der Waals surface area contributed by atoms with Crippen molar-refractivity contribution in [3.05, 3.63) is 23.3 Å². The number of rotatable bonds is 4. The van der Waals surface area contributed by atoms with Crippen molar-refractivity contribution in [3.8, 4) is 0 Å². The molecule has 0 spiro atoms. The van der Waals surface area contributed by atoms with Crippen molar-refractivity contribution in [3.63, 3.8) is 0 Å². The molecule has 0 unspecified atom stereocenters. The fourth-order valence-electron chi connectivity index (χ4n) is 1.77. The van der Waals surface area contributed by atoms with E-state index in [9.17, 15) is 47.9 Å².